The molecule has 1 aliphatic heterocycles. The largest absolute Gasteiger partial charge is 0.393 e. The summed E-state index contributed by atoms with van der Waals surface area (Å²) in [4.78, 5) is 13.3. The first-order valence-corrected chi connectivity index (χ1v) is 6.64. The summed E-state index contributed by atoms with van der Waals surface area (Å²) in [5.74, 6) is -1.73. The summed E-state index contributed by atoms with van der Waals surface area (Å²) >= 11 is 0. The van der Waals surface area contributed by atoms with E-state index in [4.69, 9.17) is 0 Å². The highest BCUT2D eigenvalue weighted by molar-refractivity contribution is 5.79. The normalized spacial score (nSPS) is 35.8. The zero-order valence-corrected chi connectivity index (χ0v) is 11.2. The lowest BCUT2D eigenvalue weighted by Gasteiger charge is -2.41. The van der Waals surface area contributed by atoms with E-state index in [-0.39, 0.29) is 37.0 Å². The van der Waals surface area contributed by atoms with E-state index >= 15 is 0 Å². The Bertz CT molecular complexity index is 367. The third-order valence-electron chi connectivity index (χ3n) is 4.16. The highest BCUT2D eigenvalue weighted by atomic mass is 19.4. The van der Waals surface area contributed by atoms with Crippen molar-refractivity contribution in [2.45, 2.75) is 57.9 Å². The van der Waals surface area contributed by atoms with Crippen molar-refractivity contribution in [3.8, 4) is 0 Å². The highest BCUT2D eigenvalue weighted by Crippen LogP contribution is 2.43. The minimum atomic E-state index is -4.31. The van der Waals surface area contributed by atoms with E-state index in [0.717, 1.165) is 0 Å². The van der Waals surface area contributed by atoms with E-state index in [0.29, 0.717) is 6.54 Å². The van der Waals surface area contributed by atoms with Crippen LogP contribution in [0.5, 0.6) is 0 Å². The van der Waals surface area contributed by atoms with Crippen LogP contribution >= 0.6 is 0 Å². The molecule has 3 atom stereocenters. The van der Waals surface area contributed by atoms with Gasteiger partial charge in [-0.25, -0.2) is 0 Å². The van der Waals surface area contributed by atoms with Crippen molar-refractivity contribution in [2.24, 2.45) is 11.3 Å². The van der Waals surface area contributed by atoms with Gasteiger partial charge in [-0.2, -0.15) is 13.2 Å². The molecular weight excluding hydrogens is 259 g/mol. The van der Waals surface area contributed by atoms with Crippen molar-refractivity contribution in [1.82, 2.24) is 4.90 Å². The van der Waals surface area contributed by atoms with Gasteiger partial charge in [0.2, 0.25) is 5.91 Å². The molecule has 1 amide bonds. The van der Waals surface area contributed by atoms with Gasteiger partial charge in [-0.15, -0.1) is 0 Å². The molecule has 1 saturated carbocycles. The average molecular weight is 279 g/mol. The molecule has 3 unspecified atom stereocenters. The van der Waals surface area contributed by atoms with E-state index in [1.165, 1.54) is 4.90 Å². The number of halogens is 3. The Kier molecular flexibility index (Phi) is 3.58. The predicted octanol–water partition coefficient (Wildman–Crippen LogP) is 2.34. The van der Waals surface area contributed by atoms with Crippen LogP contribution in [-0.4, -0.2) is 40.8 Å². The number of carbonyl (C=O) groups excluding carboxylic acids is 1. The van der Waals surface area contributed by atoms with Gasteiger partial charge in [0.05, 0.1) is 12.0 Å². The molecule has 0 aromatic rings. The molecule has 1 N–H and O–H groups in total. The molecular formula is C13H20F3NO2. The number of nitrogens with zero attached hydrogens (tertiary/aromatic N) is 1. The fourth-order valence-corrected chi connectivity index (χ4v) is 3.27. The maximum atomic E-state index is 13.1. The lowest BCUT2D eigenvalue weighted by Crippen LogP contribution is -2.51. The summed E-state index contributed by atoms with van der Waals surface area (Å²) in [6, 6.07) is -0.905. The molecule has 19 heavy (non-hydrogen) atoms. The number of likely N-dealkylation sites (tertiary alicyclic amines) is 1. The zero-order chi connectivity index (χ0) is 14.4. The minimum absolute atomic E-state index is 0.0337. The Morgan fingerprint density at radius 1 is 1.32 bits per heavy atom. The van der Waals surface area contributed by atoms with E-state index in [1.807, 2.05) is 13.8 Å². The molecule has 3 nitrogen and oxygen atoms in total. The van der Waals surface area contributed by atoms with Gasteiger partial charge in [0.1, 0.15) is 0 Å². The number of aliphatic hydroxyl groups excluding tert-OH is 1. The first kappa shape index (κ1) is 14.6. The Labute approximate surface area is 110 Å². The number of hydrogen-bond donors (Lipinski definition) is 1. The van der Waals surface area contributed by atoms with Gasteiger partial charge in [-0.3, -0.25) is 4.79 Å². The number of aliphatic hydroxyl groups is 1. The third-order valence-corrected chi connectivity index (χ3v) is 4.16. The average Bonchev–Trinajstić information content (AvgIpc) is 2.50. The molecule has 6 heteroatoms. The maximum Gasteiger partial charge on any atom is 0.393 e. The van der Waals surface area contributed by atoms with E-state index in [2.05, 4.69) is 0 Å². The zero-order valence-electron chi connectivity index (χ0n) is 11.2. The summed E-state index contributed by atoms with van der Waals surface area (Å²) in [6.07, 6.45) is -4.67. The molecule has 110 valence electrons. The molecule has 0 spiro atoms. The van der Waals surface area contributed by atoms with Gasteiger partial charge in [-0.1, -0.05) is 13.8 Å². The summed E-state index contributed by atoms with van der Waals surface area (Å²) in [5, 5.41) is 9.63. The van der Waals surface area contributed by atoms with Crippen LogP contribution in [0.2, 0.25) is 0 Å². The maximum absolute atomic E-state index is 13.1. The topological polar surface area (TPSA) is 40.5 Å². The van der Waals surface area contributed by atoms with Gasteiger partial charge in [-0.05, 0) is 24.7 Å². The van der Waals surface area contributed by atoms with Gasteiger partial charge in [0.25, 0.3) is 0 Å². The van der Waals surface area contributed by atoms with Crippen LogP contribution in [0.3, 0.4) is 0 Å². The molecule has 0 radical (unpaired) electrons. The van der Waals surface area contributed by atoms with Crippen LogP contribution in [0.4, 0.5) is 13.2 Å². The Morgan fingerprint density at radius 2 is 1.95 bits per heavy atom. The van der Waals surface area contributed by atoms with Crippen molar-refractivity contribution < 1.29 is 23.1 Å². The third kappa shape index (κ3) is 3.04. The number of hydrogen-bond acceptors (Lipinski definition) is 2. The quantitative estimate of drug-likeness (QED) is 0.800. The van der Waals surface area contributed by atoms with Crippen molar-refractivity contribution >= 4 is 5.91 Å². The van der Waals surface area contributed by atoms with Crippen LogP contribution in [0.1, 0.15) is 39.5 Å². The fraction of sp³-hybridized carbons (Fsp3) is 0.923. The Hall–Kier alpha value is -0.780. The molecule has 1 saturated heterocycles. The first-order chi connectivity index (χ1) is 8.60. The smallest absolute Gasteiger partial charge is 0.393 e. The Balaban J connectivity index is 2.21. The van der Waals surface area contributed by atoms with Gasteiger partial charge in [0.15, 0.2) is 0 Å². The lowest BCUT2D eigenvalue weighted by molar-refractivity contribution is -0.204. The standard InChI is InChI=1S/C13H20F3NO2/c1-12(2)6-11(19)17(7-12)10-5-8(18)3-4-9(10)13(14,15)16/h8-10,18H,3-7H2,1-2H3. The molecule has 0 aromatic heterocycles. The molecule has 2 aliphatic rings. The summed E-state index contributed by atoms with van der Waals surface area (Å²) < 4.78 is 39.2. The van der Waals surface area contributed by atoms with E-state index < -0.39 is 24.2 Å². The van der Waals surface area contributed by atoms with Crippen LogP contribution in [0, 0.1) is 11.3 Å². The second-order valence-electron chi connectivity index (χ2n) is 6.54. The molecule has 0 bridgehead atoms. The Morgan fingerprint density at radius 3 is 2.42 bits per heavy atom. The number of carbonyl (C=O) groups is 1. The van der Waals surface area contributed by atoms with Crippen LogP contribution in [-0.2, 0) is 4.79 Å². The van der Waals surface area contributed by atoms with Crippen LogP contribution in [0.25, 0.3) is 0 Å². The second kappa shape index (κ2) is 4.65. The number of amides is 1. The summed E-state index contributed by atoms with van der Waals surface area (Å²) in [6.45, 7) is 4.11. The predicted molar refractivity (Wildman–Crippen MR) is 63.3 cm³/mol. The van der Waals surface area contributed by atoms with Gasteiger partial charge >= 0.3 is 6.18 Å². The second-order valence-corrected chi connectivity index (χ2v) is 6.54. The first-order valence-electron chi connectivity index (χ1n) is 6.64. The van der Waals surface area contributed by atoms with Crippen LogP contribution in [0.15, 0.2) is 0 Å². The van der Waals surface area contributed by atoms with Crippen molar-refractivity contribution in [2.75, 3.05) is 6.54 Å². The number of alkyl halides is 3. The van der Waals surface area contributed by atoms with Crippen molar-refractivity contribution in [3.63, 3.8) is 0 Å². The van der Waals surface area contributed by atoms with Crippen molar-refractivity contribution in [3.05, 3.63) is 0 Å². The van der Waals surface area contributed by atoms with Crippen molar-refractivity contribution in [1.29, 1.82) is 0 Å². The lowest BCUT2D eigenvalue weighted by atomic mass is 9.81. The number of rotatable bonds is 1. The molecule has 2 rings (SSSR count). The molecule has 1 aliphatic carbocycles. The van der Waals surface area contributed by atoms with E-state index in [1.54, 1.807) is 0 Å². The molecule has 0 aromatic carbocycles. The fourth-order valence-electron chi connectivity index (χ4n) is 3.27. The monoisotopic (exact) mass is 279 g/mol. The van der Waals surface area contributed by atoms with Gasteiger partial charge < -0.3 is 10.0 Å². The van der Waals surface area contributed by atoms with Crippen LogP contribution < -0.4 is 0 Å². The molecule has 1 heterocycles. The molecule has 2 fully saturated rings. The van der Waals surface area contributed by atoms with Gasteiger partial charge in [0, 0.05) is 19.0 Å². The van der Waals surface area contributed by atoms with E-state index in [9.17, 15) is 23.1 Å². The summed E-state index contributed by atoms with van der Waals surface area (Å²) in [7, 11) is 0. The SMILES string of the molecule is CC1(C)CC(=O)N(C2CC(O)CCC2C(F)(F)F)C1. The highest BCUT2D eigenvalue weighted by Gasteiger charge is 2.52. The minimum Gasteiger partial charge on any atom is -0.393 e. The summed E-state index contributed by atoms with van der Waals surface area (Å²) in [5.41, 5.74) is -0.282.